The van der Waals surface area contributed by atoms with E-state index in [1.54, 1.807) is 18.6 Å². The molecule has 0 unspecified atom stereocenters. The Kier molecular flexibility index (Phi) is 4.21. The molecule has 88 valence electrons. The number of rotatable bonds is 4. The monoisotopic (exact) mass is 223 g/mol. The fourth-order valence-electron chi connectivity index (χ4n) is 1.67. The third-order valence-corrected chi connectivity index (χ3v) is 2.57. The third kappa shape index (κ3) is 3.23. The number of hydrogen-bond acceptors (Lipinski definition) is 5. The number of hydrogen-bond donors (Lipinski definition) is 1. The first-order chi connectivity index (χ1) is 7.86. The summed E-state index contributed by atoms with van der Waals surface area (Å²) in [5.41, 5.74) is 6.82. The van der Waals surface area contributed by atoms with Gasteiger partial charge >= 0.3 is 0 Å². The third-order valence-electron chi connectivity index (χ3n) is 2.57. The molecule has 2 heterocycles. The van der Waals surface area contributed by atoms with Crippen LogP contribution in [0, 0.1) is 0 Å². The number of nitrogens with two attached hydrogens (primary N) is 1. The van der Waals surface area contributed by atoms with Crippen LogP contribution >= 0.6 is 0 Å². The Hall–Kier alpha value is -1.04. The molecule has 1 saturated heterocycles. The average molecular weight is 223 g/mol. The number of ether oxygens (including phenoxy) is 2. The predicted molar refractivity (Wildman–Crippen MR) is 58.5 cm³/mol. The lowest BCUT2D eigenvalue weighted by molar-refractivity contribution is -0.182. The van der Waals surface area contributed by atoms with Gasteiger partial charge in [0.1, 0.15) is 0 Å². The van der Waals surface area contributed by atoms with E-state index in [1.165, 1.54) is 0 Å². The van der Waals surface area contributed by atoms with Crippen LogP contribution in [0.25, 0.3) is 0 Å². The van der Waals surface area contributed by atoms with Crippen LogP contribution in [-0.2, 0) is 9.47 Å². The maximum atomic E-state index is 6.00. The largest absolute Gasteiger partial charge is 0.353 e. The fourth-order valence-corrected chi connectivity index (χ4v) is 1.67. The topological polar surface area (TPSA) is 70.3 Å². The summed E-state index contributed by atoms with van der Waals surface area (Å²) in [4.78, 5) is 8.17. The van der Waals surface area contributed by atoms with Gasteiger partial charge in [-0.1, -0.05) is 0 Å². The summed E-state index contributed by atoms with van der Waals surface area (Å²) in [6.07, 6.45) is 7.48. The molecule has 2 rings (SSSR count). The second-order valence-electron chi connectivity index (χ2n) is 3.84. The molecule has 5 nitrogen and oxygen atoms in total. The maximum Gasteiger partial charge on any atom is 0.157 e. The molecule has 1 fully saturated rings. The normalized spacial score (nSPS) is 19.6. The molecule has 2 N–H and O–H groups in total. The van der Waals surface area contributed by atoms with Crippen LogP contribution in [0.1, 0.15) is 31.0 Å². The second-order valence-corrected chi connectivity index (χ2v) is 3.84. The van der Waals surface area contributed by atoms with Crippen LogP contribution in [0.5, 0.6) is 0 Å². The zero-order valence-corrected chi connectivity index (χ0v) is 9.21. The maximum absolute atomic E-state index is 6.00. The summed E-state index contributed by atoms with van der Waals surface area (Å²) in [7, 11) is 0. The van der Waals surface area contributed by atoms with Crippen LogP contribution in [0.4, 0.5) is 0 Å². The Morgan fingerprint density at radius 1 is 1.38 bits per heavy atom. The van der Waals surface area contributed by atoms with Crippen molar-refractivity contribution in [1.82, 2.24) is 9.97 Å². The molecule has 0 amide bonds. The minimum absolute atomic E-state index is 0.0946. The van der Waals surface area contributed by atoms with Crippen molar-refractivity contribution in [2.45, 2.75) is 31.6 Å². The van der Waals surface area contributed by atoms with Crippen molar-refractivity contribution in [3.05, 3.63) is 24.3 Å². The van der Waals surface area contributed by atoms with E-state index in [-0.39, 0.29) is 12.3 Å². The Bertz CT molecular complexity index is 301. The standard InChI is InChI=1S/C11H17N3O2/c12-9(10-8-13-4-5-14-10)2-3-11-15-6-1-7-16-11/h4-5,8-9,11H,1-3,6-7,12H2/t9-/m1/s1. The Morgan fingerprint density at radius 3 is 2.88 bits per heavy atom. The quantitative estimate of drug-likeness (QED) is 0.825. The minimum atomic E-state index is -0.100. The molecule has 0 aliphatic carbocycles. The van der Waals surface area contributed by atoms with E-state index < -0.39 is 0 Å². The highest BCUT2D eigenvalue weighted by atomic mass is 16.7. The zero-order chi connectivity index (χ0) is 11.2. The van der Waals surface area contributed by atoms with Gasteiger partial charge in [-0.05, 0) is 12.8 Å². The smallest absolute Gasteiger partial charge is 0.157 e. The molecule has 1 atom stereocenters. The van der Waals surface area contributed by atoms with E-state index in [0.29, 0.717) is 0 Å². The van der Waals surface area contributed by atoms with Gasteiger partial charge in [0, 0.05) is 31.1 Å². The molecular weight excluding hydrogens is 206 g/mol. The number of aromatic nitrogens is 2. The van der Waals surface area contributed by atoms with Gasteiger partial charge in [0.2, 0.25) is 0 Å². The summed E-state index contributed by atoms with van der Waals surface area (Å²) < 4.78 is 10.9. The van der Waals surface area contributed by atoms with Gasteiger partial charge in [-0.25, -0.2) is 0 Å². The van der Waals surface area contributed by atoms with Crippen molar-refractivity contribution in [3.8, 4) is 0 Å². The molecule has 1 aliphatic heterocycles. The molecule has 1 aliphatic rings. The van der Waals surface area contributed by atoms with Crippen molar-refractivity contribution in [3.63, 3.8) is 0 Å². The van der Waals surface area contributed by atoms with E-state index in [2.05, 4.69) is 9.97 Å². The van der Waals surface area contributed by atoms with Crippen LogP contribution in [0.2, 0.25) is 0 Å². The van der Waals surface area contributed by atoms with Crippen LogP contribution in [0.3, 0.4) is 0 Å². The summed E-state index contributed by atoms with van der Waals surface area (Å²) >= 11 is 0. The van der Waals surface area contributed by atoms with Gasteiger partial charge in [0.05, 0.1) is 18.9 Å². The highest BCUT2D eigenvalue weighted by molar-refractivity contribution is 5.00. The Balaban J connectivity index is 1.77. The molecule has 0 saturated carbocycles. The molecule has 1 aromatic rings. The van der Waals surface area contributed by atoms with Gasteiger partial charge in [0.15, 0.2) is 6.29 Å². The summed E-state index contributed by atoms with van der Waals surface area (Å²) in [6, 6.07) is -0.0946. The highest BCUT2D eigenvalue weighted by Crippen LogP contribution is 2.17. The Morgan fingerprint density at radius 2 is 2.19 bits per heavy atom. The first-order valence-corrected chi connectivity index (χ1v) is 5.61. The van der Waals surface area contributed by atoms with Crippen LogP contribution < -0.4 is 5.73 Å². The van der Waals surface area contributed by atoms with Crippen LogP contribution in [-0.4, -0.2) is 29.5 Å². The van der Waals surface area contributed by atoms with Gasteiger partial charge in [-0.3, -0.25) is 9.97 Å². The second kappa shape index (κ2) is 5.89. The first-order valence-electron chi connectivity index (χ1n) is 5.61. The van der Waals surface area contributed by atoms with Crippen molar-refractivity contribution in [1.29, 1.82) is 0 Å². The number of nitrogens with zero attached hydrogens (tertiary/aromatic N) is 2. The molecule has 0 radical (unpaired) electrons. The zero-order valence-electron chi connectivity index (χ0n) is 9.21. The predicted octanol–water partition coefficient (Wildman–Crippen LogP) is 1.02. The van der Waals surface area contributed by atoms with E-state index in [4.69, 9.17) is 15.2 Å². The molecule has 16 heavy (non-hydrogen) atoms. The fraction of sp³-hybridized carbons (Fsp3) is 0.636. The molecule has 0 aromatic carbocycles. The average Bonchev–Trinajstić information content (AvgIpc) is 2.38. The summed E-state index contributed by atoms with van der Waals surface area (Å²) in [5, 5.41) is 0. The van der Waals surface area contributed by atoms with Crippen molar-refractivity contribution in [2.24, 2.45) is 5.73 Å². The minimum Gasteiger partial charge on any atom is -0.353 e. The van der Waals surface area contributed by atoms with E-state index in [9.17, 15) is 0 Å². The van der Waals surface area contributed by atoms with E-state index in [0.717, 1.165) is 38.2 Å². The first kappa shape index (κ1) is 11.4. The van der Waals surface area contributed by atoms with Gasteiger partial charge in [-0.2, -0.15) is 0 Å². The lowest BCUT2D eigenvalue weighted by Crippen LogP contribution is -2.26. The summed E-state index contributed by atoms with van der Waals surface area (Å²) in [5.74, 6) is 0. The highest BCUT2D eigenvalue weighted by Gasteiger charge is 2.16. The van der Waals surface area contributed by atoms with Crippen LogP contribution in [0.15, 0.2) is 18.6 Å². The SMILES string of the molecule is N[C@H](CCC1OCCCO1)c1cnccn1. The lowest BCUT2D eigenvalue weighted by Gasteiger charge is -2.24. The van der Waals surface area contributed by atoms with Gasteiger partial charge in [-0.15, -0.1) is 0 Å². The molecule has 0 bridgehead atoms. The van der Waals surface area contributed by atoms with Crippen molar-refractivity contribution in [2.75, 3.05) is 13.2 Å². The molecule has 5 heteroatoms. The van der Waals surface area contributed by atoms with E-state index >= 15 is 0 Å². The molecular formula is C11H17N3O2. The molecule has 1 aromatic heterocycles. The summed E-state index contributed by atoms with van der Waals surface area (Å²) in [6.45, 7) is 1.57. The van der Waals surface area contributed by atoms with Crippen molar-refractivity contribution >= 4 is 0 Å². The van der Waals surface area contributed by atoms with E-state index in [1.807, 2.05) is 0 Å². The Labute approximate surface area is 95.0 Å². The van der Waals surface area contributed by atoms with Gasteiger partial charge in [0.25, 0.3) is 0 Å². The van der Waals surface area contributed by atoms with Gasteiger partial charge < -0.3 is 15.2 Å². The lowest BCUT2D eigenvalue weighted by atomic mass is 10.1. The molecule has 0 spiro atoms. The van der Waals surface area contributed by atoms with Crippen molar-refractivity contribution < 1.29 is 9.47 Å².